The van der Waals surface area contributed by atoms with Crippen LogP contribution in [0.25, 0.3) is 0 Å². The lowest BCUT2D eigenvalue weighted by Gasteiger charge is -2.27. The van der Waals surface area contributed by atoms with E-state index in [0.29, 0.717) is 6.04 Å². The van der Waals surface area contributed by atoms with Gasteiger partial charge in [0.25, 0.3) is 0 Å². The maximum atomic E-state index is 11.3. The molecule has 1 heterocycles. The van der Waals surface area contributed by atoms with E-state index in [4.69, 9.17) is 5.73 Å². The van der Waals surface area contributed by atoms with Crippen LogP contribution in [0.3, 0.4) is 0 Å². The van der Waals surface area contributed by atoms with Gasteiger partial charge in [-0.2, -0.15) is 0 Å². The standard InChI is InChI=1S/C12H25N3O/c1-8(2)14-11(12(13)16)7-15-6-9(3)5-10(15)4/h8-11,14H,5-7H2,1-4H3,(H2,13,16). The van der Waals surface area contributed by atoms with Crippen LogP contribution in [0, 0.1) is 5.92 Å². The van der Waals surface area contributed by atoms with Gasteiger partial charge in [0.05, 0.1) is 6.04 Å². The number of hydrogen-bond donors (Lipinski definition) is 2. The second kappa shape index (κ2) is 5.64. The third-order valence-corrected chi connectivity index (χ3v) is 3.21. The van der Waals surface area contributed by atoms with Gasteiger partial charge >= 0.3 is 0 Å². The SMILES string of the molecule is CC1CC(C)N(CC(NC(C)C)C(N)=O)C1. The summed E-state index contributed by atoms with van der Waals surface area (Å²) >= 11 is 0. The second-order valence-corrected chi connectivity index (χ2v) is 5.42. The van der Waals surface area contributed by atoms with Gasteiger partial charge in [-0.3, -0.25) is 9.69 Å². The molecule has 3 unspecified atom stereocenters. The van der Waals surface area contributed by atoms with Crippen molar-refractivity contribution in [3.8, 4) is 0 Å². The van der Waals surface area contributed by atoms with Crippen LogP contribution in [-0.4, -0.2) is 42.0 Å². The zero-order valence-corrected chi connectivity index (χ0v) is 10.9. The van der Waals surface area contributed by atoms with Crippen molar-refractivity contribution in [2.45, 2.75) is 52.2 Å². The number of nitrogens with zero attached hydrogens (tertiary/aromatic N) is 1. The summed E-state index contributed by atoms with van der Waals surface area (Å²) < 4.78 is 0. The first-order valence-electron chi connectivity index (χ1n) is 6.19. The molecule has 1 rings (SSSR count). The lowest BCUT2D eigenvalue weighted by Crippen LogP contribution is -2.51. The Morgan fingerprint density at radius 1 is 1.50 bits per heavy atom. The van der Waals surface area contributed by atoms with Crippen molar-refractivity contribution < 1.29 is 4.79 Å². The summed E-state index contributed by atoms with van der Waals surface area (Å²) in [7, 11) is 0. The zero-order valence-electron chi connectivity index (χ0n) is 10.9. The minimum atomic E-state index is -0.250. The highest BCUT2D eigenvalue weighted by Crippen LogP contribution is 2.22. The van der Waals surface area contributed by atoms with Crippen molar-refractivity contribution in [3.05, 3.63) is 0 Å². The Bertz CT molecular complexity index is 242. The molecule has 0 radical (unpaired) electrons. The molecule has 94 valence electrons. The summed E-state index contributed by atoms with van der Waals surface area (Å²) in [5.74, 6) is 0.475. The number of carbonyl (C=O) groups excluding carboxylic acids is 1. The molecule has 1 aliphatic heterocycles. The van der Waals surface area contributed by atoms with Gasteiger partial charge in [0, 0.05) is 25.2 Å². The van der Waals surface area contributed by atoms with Crippen LogP contribution in [0.5, 0.6) is 0 Å². The van der Waals surface area contributed by atoms with Crippen LogP contribution in [0.15, 0.2) is 0 Å². The first kappa shape index (κ1) is 13.5. The van der Waals surface area contributed by atoms with Crippen LogP contribution in [0.4, 0.5) is 0 Å². The Labute approximate surface area is 98.6 Å². The Morgan fingerprint density at radius 2 is 2.12 bits per heavy atom. The van der Waals surface area contributed by atoms with Gasteiger partial charge in [-0.25, -0.2) is 0 Å². The Kier molecular flexibility index (Phi) is 4.74. The number of rotatable bonds is 5. The molecule has 0 aromatic heterocycles. The van der Waals surface area contributed by atoms with E-state index in [-0.39, 0.29) is 18.0 Å². The van der Waals surface area contributed by atoms with Gasteiger partial charge in [0.2, 0.25) is 5.91 Å². The molecule has 0 aromatic carbocycles. The van der Waals surface area contributed by atoms with Crippen molar-refractivity contribution in [3.63, 3.8) is 0 Å². The number of primary amides is 1. The molecule has 0 saturated carbocycles. The number of amides is 1. The molecule has 1 amide bonds. The van der Waals surface area contributed by atoms with Crippen LogP contribution in [-0.2, 0) is 4.79 Å². The van der Waals surface area contributed by atoms with E-state index in [1.54, 1.807) is 0 Å². The van der Waals surface area contributed by atoms with Gasteiger partial charge in [0.15, 0.2) is 0 Å². The van der Waals surface area contributed by atoms with E-state index in [1.807, 2.05) is 13.8 Å². The van der Waals surface area contributed by atoms with E-state index in [2.05, 4.69) is 24.1 Å². The smallest absolute Gasteiger partial charge is 0.235 e. The van der Waals surface area contributed by atoms with Crippen LogP contribution >= 0.6 is 0 Å². The second-order valence-electron chi connectivity index (χ2n) is 5.42. The van der Waals surface area contributed by atoms with Crippen molar-refractivity contribution in [1.82, 2.24) is 10.2 Å². The predicted molar refractivity (Wildman–Crippen MR) is 66.1 cm³/mol. The van der Waals surface area contributed by atoms with Crippen LogP contribution < -0.4 is 11.1 Å². The van der Waals surface area contributed by atoms with Crippen molar-refractivity contribution in [1.29, 1.82) is 0 Å². The fourth-order valence-electron chi connectivity index (χ4n) is 2.50. The monoisotopic (exact) mass is 227 g/mol. The summed E-state index contributed by atoms with van der Waals surface area (Å²) in [6.07, 6.45) is 1.22. The van der Waals surface area contributed by atoms with Gasteiger partial charge in [-0.05, 0) is 19.3 Å². The van der Waals surface area contributed by atoms with Gasteiger partial charge in [0.1, 0.15) is 0 Å². The van der Waals surface area contributed by atoms with Crippen LogP contribution in [0.2, 0.25) is 0 Å². The molecule has 1 fully saturated rings. The predicted octanol–water partition coefficient (Wildman–Crippen LogP) is 0.569. The molecule has 0 bridgehead atoms. The van der Waals surface area contributed by atoms with E-state index in [0.717, 1.165) is 19.0 Å². The quantitative estimate of drug-likeness (QED) is 0.722. The molecule has 0 aromatic rings. The summed E-state index contributed by atoms with van der Waals surface area (Å²) in [6, 6.07) is 0.617. The minimum absolute atomic E-state index is 0.229. The normalized spacial score (nSPS) is 28.6. The Balaban J connectivity index is 2.51. The highest BCUT2D eigenvalue weighted by molar-refractivity contribution is 5.80. The molecule has 1 saturated heterocycles. The molecule has 1 aliphatic rings. The average molecular weight is 227 g/mol. The minimum Gasteiger partial charge on any atom is -0.368 e. The third kappa shape index (κ3) is 3.76. The molecular weight excluding hydrogens is 202 g/mol. The molecule has 16 heavy (non-hydrogen) atoms. The first-order valence-corrected chi connectivity index (χ1v) is 6.19. The van der Waals surface area contributed by atoms with E-state index in [1.165, 1.54) is 6.42 Å². The molecule has 4 heteroatoms. The van der Waals surface area contributed by atoms with Crippen molar-refractivity contribution in [2.75, 3.05) is 13.1 Å². The van der Waals surface area contributed by atoms with Crippen molar-refractivity contribution in [2.24, 2.45) is 11.7 Å². The molecule has 0 aliphatic carbocycles. The summed E-state index contributed by atoms with van der Waals surface area (Å²) in [5, 5.41) is 3.23. The molecule has 3 N–H and O–H groups in total. The fourth-order valence-corrected chi connectivity index (χ4v) is 2.50. The van der Waals surface area contributed by atoms with Crippen LogP contribution in [0.1, 0.15) is 34.1 Å². The van der Waals surface area contributed by atoms with E-state index >= 15 is 0 Å². The molecule has 0 spiro atoms. The van der Waals surface area contributed by atoms with Crippen molar-refractivity contribution >= 4 is 5.91 Å². The number of nitrogens with two attached hydrogens (primary N) is 1. The molecule has 3 atom stereocenters. The lowest BCUT2D eigenvalue weighted by atomic mass is 10.1. The number of likely N-dealkylation sites (tertiary alicyclic amines) is 1. The van der Waals surface area contributed by atoms with Gasteiger partial charge in [-0.15, -0.1) is 0 Å². The van der Waals surface area contributed by atoms with E-state index in [9.17, 15) is 4.79 Å². The topological polar surface area (TPSA) is 58.4 Å². The first-order chi connectivity index (χ1) is 7.40. The summed E-state index contributed by atoms with van der Waals surface area (Å²) in [6.45, 7) is 10.4. The van der Waals surface area contributed by atoms with E-state index < -0.39 is 0 Å². The summed E-state index contributed by atoms with van der Waals surface area (Å²) in [4.78, 5) is 13.7. The lowest BCUT2D eigenvalue weighted by molar-refractivity contribution is -0.120. The highest BCUT2D eigenvalue weighted by atomic mass is 16.1. The average Bonchev–Trinajstić information content (AvgIpc) is 2.43. The maximum Gasteiger partial charge on any atom is 0.235 e. The number of carbonyl (C=O) groups is 1. The number of nitrogens with one attached hydrogen (secondary N) is 1. The third-order valence-electron chi connectivity index (χ3n) is 3.21. The highest BCUT2D eigenvalue weighted by Gasteiger charge is 2.29. The zero-order chi connectivity index (χ0) is 12.3. The fraction of sp³-hybridized carbons (Fsp3) is 0.917. The largest absolute Gasteiger partial charge is 0.368 e. The maximum absolute atomic E-state index is 11.3. The van der Waals surface area contributed by atoms with Gasteiger partial charge in [-0.1, -0.05) is 20.8 Å². The Hall–Kier alpha value is -0.610. The Morgan fingerprint density at radius 3 is 2.50 bits per heavy atom. The molecular formula is C12H25N3O. The van der Waals surface area contributed by atoms with Gasteiger partial charge < -0.3 is 11.1 Å². The molecule has 4 nitrogen and oxygen atoms in total. The summed E-state index contributed by atoms with van der Waals surface area (Å²) in [5.41, 5.74) is 5.42. The number of hydrogen-bond acceptors (Lipinski definition) is 3.